The number of aryl methyl sites for hydroxylation is 1. The van der Waals surface area contributed by atoms with E-state index in [1.165, 1.54) is 12.4 Å². The molecule has 0 aliphatic heterocycles. The molecule has 0 aliphatic rings. The molecule has 6 nitrogen and oxygen atoms in total. The zero-order valence-corrected chi connectivity index (χ0v) is 14.1. The number of hydrogen-bond acceptors (Lipinski definition) is 5. The van der Waals surface area contributed by atoms with Crippen LogP contribution < -0.4 is 5.73 Å². The first-order valence-electron chi connectivity index (χ1n) is 7.58. The fourth-order valence-corrected chi connectivity index (χ4v) is 2.72. The highest BCUT2D eigenvalue weighted by molar-refractivity contribution is 6.11. The first kappa shape index (κ1) is 16.2. The van der Waals surface area contributed by atoms with E-state index in [2.05, 4.69) is 9.97 Å². The molecule has 3 aromatic rings. The van der Waals surface area contributed by atoms with Crippen molar-refractivity contribution in [1.29, 1.82) is 0 Å². The number of nitrogens with zero attached hydrogens (tertiary/aromatic N) is 3. The topological polar surface area (TPSA) is 83.0 Å². The minimum Gasteiger partial charge on any atom is -0.459 e. The Balaban J connectivity index is 2.23. The van der Waals surface area contributed by atoms with Crippen molar-refractivity contribution >= 4 is 33.7 Å². The van der Waals surface area contributed by atoms with E-state index in [1.54, 1.807) is 38.3 Å². The van der Waals surface area contributed by atoms with E-state index in [0.717, 1.165) is 0 Å². The second-order valence-electron chi connectivity index (χ2n) is 6.75. The maximum absolute atomic E-state index is 14.1. The summed E-state index contributed by atoms with van der Waals surface area (Å²) in [5, 5.41) is 1.32. The van der Waals surface area contributed by atoms with Gasteiger partial charge in [-0.25, -0.2) is 14.4 Å². The lowest BCUT2D eigenvalue weighted by Gasteiger charge is -2.20. The van der Waals surface area contributed by atoms with E-state index in [9.17, 15) is 9.18 Å². The predicted molar refractivity (Wildman–Crippen MR) is 90.0 cm³/mol. The molecular weight excluding hydrogens is 311 g/mol. The molecule has 0 spiro atoms. The van der Waals surface area contributed by atoms with Crippen molar-refractivity contribution in [2.24, 2.45) is 0 Å². The third-order valence-corrected chi connectivity index (χ3v) is 3.66. The highest BCUT2D eigenvalue weighted by atomic mass is 19.1. The van der Waals surface area contributed by atoms with Crippen molar-refractivity contribution in [3.8, 4) is 0 Å². The van der Waals surface area contributed by atoms with Gasteiger partial charge in [0.05, 0.1) is 10.9 Å². The molecule has 0 saturated carbocycles. The number of hydrogen-bond donors (Lipinski definition) is 1. The summed E-state index contributed by atoms with van der Waals surface area (Å²) in [6, 6.07) is 3.08. The van der Waals surface area contributed by atoms with Gasteiger partial charge < -0.3 is 15.0 Å². The number of anilines is 1. The molecule has 1 aromatic carbocycles. The molecule has 0 amide bonds. The van der Waals surface area contributed by atoms with Gasteiger partial charge in [0.25, 0.3) is 0 Å². The third kappa shape index (κ3) is 2.77. The maximum atomic E-state index is 14.1. The highest BCUT2D eigenvalue weighted by Crippen LogP contribution is 2.32. The Labute approximate surface area is 138 Å². The predicted octanol–water partition coefficient (Wildman–Crippen LogP) is 2.96. The maximum Gasteiger partial charge on any atom is 0.326 e. The number of rotatable bonds is 2. The third-order valence-electron chi connectivity index (χ3n) is 3.66. The number of fused-ring (bicyclic) bond motifs is 3. The summed E-state index contributed by atoms with van der Waals surface area (Å²) in [6.45, 7) is 6.96. The minimum absolute atomic E-state index is 0.0871. The molecule has 0 bridgehead atoms. The second-order valence-corrected chi connectivity index (χ2v) is 6.75. The van der Waals surface area contributed by atoms with E-state index in [1.807, 2.05) is 0 Å². The average molecular weight is 330 g/mol. The van der Waals surface area contributed by atoms with Crippen molar-refractivity contribution in [3.05, 3.63) is 29.8 Å². The molecule has 0 atom stereocenters. The van der Waals surface area contributed by atoms with Gasteiger partial charge >= 0.3 is 5.97 Å². The summed E-state index contributed by atoms with van der Waals surface area (Å²) >= 11 is 0. The lowest BCUT2D eigenvalue weighted by Crippen LogP contribution is -2.26. The van der Waals surface area contributed by atoms with Gasteiger partial charge in [0.1, 0.15) is 35.8 Å². The average Bonchev–Trinajstić information content (AvgIpc) is 2.73. The molecule has 126 valence electrons. The van der Waals surface area contributed by atoms with Crippen LogP contribution in [0, 0.1) is 12.7 Å². The SMILES string of the molecule is Cc1cc2c3c(N)ncnc3n(CC(=O)OC(C)(C)C)c2cc1F. The van der Waals surface area contributed by atoms with Crippen LogP contribution >= 0.6 is 0 Å². The summed E-state index contributed by atoms with van der Waals surface area (Å²) in [6.07, 6.45) is 1.32. The van der Waals surface area contributed by atoms with Gasteiger partial charge in [-0.05, 0) is 45.4 Å². The monoisotopic (exact) mass is 330 g/mol. The van der Waals surface area contributed by atoms with E-state index in [-0.39, 0.29) is 12.4 Å². The van der Waals surface area contributed by atoms with E-state index >= 15 is 0 Å². The van der Waals surface area contributed by atoms with Gasteiger partial charge in [-0.2, -0.15) is 0 Å². The quantitative estimate of drug-likeness (QED) is 0.730. The zero-order chi connectivity index (χ0) is 17.6. The molecule has 0 unspecified atom stereocenters. The smallest absolute Gasteiger partial charge is 0.326 e. The number of carbonyl (C=O) groups excluding carboxylic acids is 1. The normalized spacial score (nSPS) is 12.0. The van der Waals surface area contributed by atoms with Crippen LogP contribution in [0.25, 0.3) is 21.9 Å². The molecule has 0 fully saturated rings. The Bertz CT molecular complexity index is 957. The number of esters is 1. The number of benzene rings is 1. The van der Waals surface area contributed by atoms with Gasteiger partial charge in [0.2, 0.25) is 0 Å². The number of carbonyl (C=O) groups is 1. The largest absolute Gasteiger partial charge is 0.459 e. The van der Waals surface area contributed by atoms with Crippen molar-refractivity contribution < 1.29 is 13.9 Å². The molecule has 0 saturated heterocycles. The van der Waals surface area contributed by atoms with Gasteiger partial charge in [-0.3, -0.25) is 4.79 Å². The number of halogens is 1. The molecule has 7 heteroatoms. The Kier molecular flexibility index (Phi) is 3.66. The Morgan fingerprint density at radius 2 is 2.04 bits per heavy atom. The first-order chi connectivity index (χ1) is 11.2. The van der Waals surface area contributed by atoms with Crippen LogP contribution in [0.1, 0.15) is 26.3 Å². The summed E-state index contributed by atoms with van der Waals surface area (Å²) in [5.41, 5.74) is 6.88. The number of aromatic nitrogens is 3. The van der Waals surface area contributed by atoms with Gasteiger partial charge in [0.15, 0.2) is 0 Å². The Morgan fingerprint density at radius 1 is 1.33 bits per heavy atom. The first-order valence-corrected chi connectivity index (χ1v) is 7.58. The van der Waals surface area contributed by atoms with Crippen LogP contribution in [0.3, 0.4) is 0 Å². The van der Waals surface area contributed by atoms with Gasteiger partial charge in [0, 0.05) is 5.39 Å². The molecule has 2 aromatic heterocycles. The van der Waals surface area contributed by atoms with Crippen LogP contribution in [0.15, 0.2) is 18.5 Å². The molecule has 24 heavy (non-hydrogen) atoms. The fourth-order valence-electron chi connectivity index (χ4n) is 2.72. The van der Waals surface area contributed by atoms with Crippen LogP contribution in [0.2, 0.25) is 0 Å². The van der Waals surface area contributed by atoms with Crippen molar-refractivity contribution in [1.82, 2.24) is 14.5 Å². The van der Waals surface area contributed by atoms with Crippen molar-refractivity contribution in [2.75, 3.05) is 5.73 Å². The number of nitrogen functional groups attached to an aromatic ring is 1. The van der Waals surface area contributed by atoms with Gasteiger partial charge in [-0.15, -0.1) is 0 Å². The molecular formula is C17H19FN4O2. The molecule has 2 N–H and O–H groups in total. The van der Waals surface area contributed by atoms with Crippen LogP contribution in [0.5, 0.6) is 0 Å². The standard InChI is InChI=1S/C17H19FN4O2/c1-9-5-10-12(6-11(9)18)22(7-13(23)24-17(2,3)4)16-14(10)15(19)20-8-21-16/h5-6,8H,7H2,1-4H3,(H2,19,20,21). The molecule has 0 aliphatic carbocycles. The van der Waals surface area contributed by atoms with E-state index < -0.39 is 11.6 Å². The summed E-state index contributed by atoms with van der Waals surface area (Å²) in [4.78, 5) is 20.5. The summed E-state index contributed by atoms with van der Waals surface area (Å²) in [5.74, 6) is -0.499. The lowest BCUT2D eigenvalue weighted by atomic mass is 10.1. The lowest BCUT2D eigenvalue weighted by molar-refractivity contribution is -0.155. The Hall–Kier alpha value is -2.70. The number of ether oxygens (including phenoxy) is 1. The molecule has 0 radical (unpaired) electrons. The van der Waals surface area contributed by atoms with Crippen LogP contribution in [-0.2, 0) is 16.1 Å². The second kappa shape index (κ2) is 5.43. The zero-order valence-electron chi connectivity index (χ0n) is 14.1. The van der Waals surface area contributed by atoms with Crippen molar-refractivity contribution in [3.63, 3.8) is 0 Å². The summed E-state index contributed by atoms with van der Waals surface area (Å²) < 4.78 is 21.0. The number of nitrogens with two attached hydrogens (primary N) is 1. The Morgan fingerprint density at radius 3 is 2.71 bits per heavy atom. The molecule has 3 rings (SSSR count). The van der Waals surface area contributed by atoms with Crippen LogP contribution in [0.4, 0.5) is 10.2 Å². The summed E-state index contributed by atoms with van der Waals surface area (Å²) in [7, 11) is 0. The molecule has 2 heterocycles. The highest BCUT2D eigenvalue weighted by Gasteiger charge is 2.21. The minimum atomic E-state index is -0.605. The van der Waals surface area contributed by atoms with E-state index in [4.69, 9.17) is 10.5 Å². The van der Waals surface area contributed by atoms with Gasteiger partial charge in [-0.1, -0.05) is 0 Å². The van der Waals surface area contributed by atoms with E-state index in [0.29, 0.717) is 33.3 Å². The fraction of sp³-hybridized carbons (Fsp3) is 0.353. The van der Waals surface area contributed by atoms with Crippen LogP contribution in [-0.4, -0.2) is 26.1 Å². The van der Waals surface area contributed by atoms with Crippen molar-refractivity contribution in [2.45, 2.75) is 39.8 Å².